The molecule has 0 radical (unpaired) electrons. The number of halogens is 1. The largest absolute Gasteiger partial charge is 0.324 e. The minimum atomic E-state index is 0.0257. The Morgan fingerprint density at radius 2 is 2.19 bits per heavy atom. The number of nitrogens with one attached hydrogen (secondary N) is 2. The Morgan fingerprint density at radius 3 is 2.95 bits per heavy atom. The second-order valence-corrected chi connectivity index (χ2v) is 6.21. The first-order chi connectivity index (χ1) is 10.1. The SMILES string of the molecule is CC(C)NCCCC(=O)Nc1cccc2cc(Br)cnc12. The van der Waals surface area contributed by atoms with E-state index >= 15 is 0 Å². The fraction of sp³-hybridized carbons (Fsp3) is 0.375. The van der Waals surface area contributed by atoms with Crippen molar-refractivity contribution < 1.29 is 4.79 Å². The first-order valence-corrected chi connectivity index (χ1v) is 7.93. The molecule has 5 heteroatoms. The standard InChI is InChI=1S/C16H20BrN3O/c1-11(2)18-8-4-7-15(21)20-14-6-3-5-12-9-13(17)10-19-16(12)14/h3,5-6,9-11,18H,4,7-8H2,1-2H3,(H,20,21). The van der Waals surface area contributed by atoms with Crippen LogP contribution in [0.4, 0.5) is 5.69 Å². The fourth-order valence-corrected chi connectivity index (χ4v) is 2.44. The average Bonchev–Trinajstić information content (AvgIpc) is 2.43. The predicted octanol–water partition coefficient (Wildman–Crippen LogP) is 3.71. The number of pyridine rings is 1. The topological polar surface area (TPSA) is 54.0 Å². The number of hydrogen-bond acceptors (Lipinski definition) is 3. The first-order valence-electron chi connectivity index (χ1n) is 7.14. The van der Waals surface area contributed by atoms with Gasteiger partial charge >= 0.3 is 0 Å². The predicted molar refractivity (Wildman–Crippen MR) is 90.4 cm³/mol. The summed E-state index contributed by atoms with van der Waals surface area (Å²) in [5.41, 5.74) is 1.58. The molecule has 0 fully saturated rings. The number of aromatic nitrogens is 1. The van der Waals surface area contributed by atoms with Crippen LogP contribution in [0.25, 0.3) is 10.9 Å². The third kappa shape index (κ3) is 4.79. The van der Waals surface area contributed by atoms with Crippen LogP contribution in [0.15, 0.2) is 34.9 Å². The third-order valence-corrected chi connectivity index (χ3v) is 3.52. The summed E-state index contributed by atoms with van der Waals surface area (Å²) in [5, 5.41) is 7.25. The van der Waals surface area contributed by atoms with Gasteiger partial charge in [-0.05, 0) is 41.0 Å². The van der Waals surface area contributed by atoms with Crippen molar-refractivity contribution in [3.05, 3.63) is 34.9 Å². The van der Waals surface area contributed by atoms with Crippen LogP contribution in [-0.2, 0) is 4.79 Å². The molecule has 0 aliphatic rings. The zero-order valence-electron chi connectivity index (χ0n) is 12.3. The summed E-state index contributed by atoms with van der Waals surface area (Å²) in [5.74, 6) is 0.0257. The van der Waals surface area contributed by atoms with Crippen LogP contribution in [-0.4, -0.2) is 23.5 Å². The van der Waals surface area contributed by atoms with Gasteiger partial charge in [-0.3, -0.25) is 9.78 Å². The molecule has 2 aromatic rings. The Hall–Kier alpha value is -1.46. The van der Waals surface area contributed by atoms with E-state index in [1.54, 1.807) is 6.20 Å². The van der Waals surface area contributed by atoms with Crippen molar-refractivity contribution in [3.8, 4) is 0 Å². The fourth-order valence-electron chi connectivity index (χ4n) is 2.09. The molecular weight excluding hydrogens is 330 g/mol. The third-order valence-electron chi connectivity index (χ3n) is 3.08. The van der Waals surface area contributed by atoms with Crippen molar-refractivity contribution in [1.29, 1.82) is 0 Å². The van der Waals surface area contributed by atoms with Crippen LogP contribution in [0.3, 0.4) is 0 Å². The smallest absolute Gasteiger partial charge is 0.224 e. The average molecular weight is 350 g/mol. The van der Waals surface area contributed by atoms with Gasteiger partial charge in [-0.15, -0.1) is 0 Å². The number of fused-ring (bicyclic) bond motifs is 1. The van der Waals surface area contributed by atoms with Gasteiger partial charge < -0.3 is 10.6 Å². The molecule has 0 bridgehead atoms. The van der Waals surface area contributed by atoms with Crippen molar-refractivity contribution >= 4 is 38.4 Å². The normalized spacial score (nSPS) is 11.0. The number of benzene rings is 1. The van der Waals surface area contributed by atoms with Crippen molar-refractivity contribution in [2.45, 2.75) is 32.7 Å². The van der Waals surface area contributed by atoms with Gasteiger partial charge in [0, 0.05) is 28.5 Å². The molecule has 1 aromatic heterocycles. The van der Waals surface area contributed by atoms with E-state index in [0.717, 1.165) is 34.0 Å². The maximum absolute atomic E-state index is 12.0. The second-order valence-electron chi connectivity index (χ2n) is 5.29. The highest BCUT2D eigenvalue weighted by Gasteiger charge is 2.07. The maximum Gasteiger partial charge on any atom is 0.224 e. The first kappa shape index (κ1) is 15.9. The van der Waals surface area contributed by atoms with Crippen molar-refractivity contribution in [3.63, 3.8) is 0 Å². The second kappa shape index (κ2) is 7.52. The summed E-state index contributed by atoms with van der Waals surface area (Å²) in [4.78, 5) is 16.4. The van der Waals surface area contributed by atoms with E-state index in [4.69, 9.17) is 0 Å². The summed E-state index contributed by atoms with van der Waals surface area (Å²) >= 11 is 3.40. The molecular formula is C16H20BrN3O. The van der Waals surface area contributed by atoms with E-state index in [0.29, 0.717) is 12.5 Å². The van der Waals surface area contributed by atoms with Gasteiger partial charge in [0.25, 0.3) is 0 Å². The molecule has 0 spiro atoms. The molecule has 112 valence electrons. The highest BCUT2D eigenvalue weighted by Crippen LogP contribution is 2.24. The number of para-hydroxylation sites is 1. The van der Waals surface area contributed by atoms with E-state index in [1.807, 2.05) is 24.3 Å². The molecule has 21 heavy (non-hydrogen) atoms. The minimum absolute atomic E-state index is 0.0257. The van der Waals surface area contributed by atoms with Gasteiger partial charge in [-0.25, -0.2) is 0 Å². The van der Waals surface area contributed by atoms with Crippen LogP contribution in [0.5, 0.6) is 0 Å². The molecule has 0 saturated carbocycles. The van der Waals surface area contributed by atoms with Gasteiger partial charge in [0.05, 0.1) is 11.2 Å². The van der Waals surface area contributed by atoms with Crippen LogP contribution in [0, 0.1) is 0 Å². The van der Waals surface area contributed by atoms with Crippen molar-refractivity contribution in [1.82, 2.24) is 10.3 Å². The lowest BCUT2D eigenvalue weighted by molar-refractivity contribution is -0.116. The number of carbonyl (C=O) groups is 1. The van der Waals surface area contributed by atoms with Crippen LogP contribution >= 0.6 is 15.9 Å². The number of anilines is 1. The maximum atomic E-state index is 12.0. The van der Waals surface area contributed by atoms with Crippen LogP contribution < -0.4 is 10.6 Å². The van der Waals surface area contributed by atoms with Gasteiger partial charge in [0.1, 0.15) is 0 Å². The van der Waals surface area contributed by atoms with E-state index in [2.05, 4.69) is 45.4 Å². The number of amides is 1. The van der Waals surface area contributed by atoms with Crippen LogP contribution in [0.1, 0.15) is 26.7 Å². The Morgan fingerprint density at radius 1 is 1.38 bits per heavy atom. The minimum Gasteiger partial charge on any atom is -0.324 e. The summed E-state index contributed by atoms with van der Waals surface area (Å²) in [6, 6.07) is 8.23. The Bertz CT molecular complexity index is 628. The van der Waals surface area contributed by atoms with Gasteiger partial charge in [0.15, 0.2) is 0 Å². The van der Waals surface area contributed by atoms with Gasteiger partial charge in [-0.1, -0.05) is 26.0 Å². The molecule has 2 N–H and O–H groups in total. The van der Waals surface area contributed by atoms with E-state index in [9.17, 15) is 4.79 Å². The molecule has 0 unspecified atom stereocenters. The highest BCUT2D eigenvalue weighted by molar-refractivity contribution is 9.10. The van der Waals surface area contributed by atoms with Crippen molar-refractivity contribution in [2.75, 3.05) is 11.9 Å². The van der Waals surface area contributed by atoms with Gasteiger partial charge in [-0.2, -0.15) is 0 Å². The van der Waals surface area contributed by atoms with E-state index < -0.39 is 0 Å². The summed E-state index contributed by atoms with van der Waals surface area (Å²) in [6.07, 6.45) is 3.07. The number of carbonyl (C=O) groups excluding carboxylic acids is 1. The van der Waals surface area contributed by atoms with Gasteiger partial charge in [0.2, 0.25) is 5.91 Å². The van der Waals surface area contributed by atoms with Crippen molar-refractivity contribution in [2.24, 2.45) is 0 Å². The molecule has 1 heterocycles. The van der Waals surface area contributed by atoms with E-state index in [1.165, 1.54) is 0 Å². The molecule has 2 rings (SSSR count). The molecule has 0 aliphatic heterocycles. The Balaban J connectivity index is 1.98. The summed E-state index contributed by atoms with van der Waals surface area (Å²) in [7, 11) is 0. The lowest BCUT2D eigenvalue weighted by Gasteiger charge is -2.09. The van der Waals surface area contributed by atoms with E-state index in [-0.39, 0.29) is 5.91 Å². The number of rotatable bonds is 6. The monoisotopic (exact) mass is 349 g/mol. The zero-order valence-corrected chi connectivity index (χ0v) is 13.9. The molecule has 1 amide bonds. The summed E-state index contributed by atoms with van der Waals surface area (Å²) in [6.45, 7) is 5.05. The number of nitrogens with zero attached hydrogens (tertiary/aromatic N) is 1. The zero-order chi connectivity index (χ0) is 15.2. The lowest BCUT2D eigenvalue weighted by Crippen LogP contribution is -2.24. The molecule has 0 atom stereocenters. The molecule has 0 aliphatic carbocycles. The Labute approximate surface area is 133 Å². The number of hydrogen-bond donors (Lipinski definition) is 2. The quantitative estimate of drug-likeness (QED) is 0.781. The molecule has 0 saturated heterocycles. The van der Waals surface area contributed by atoms with Crippen LogP contribution in [0.2, 0.25) is 0 Å². The highest BCUT2D eigenvalue weighted by atomic mass is 79.9. The lowest BCUT2D eigenvalue weighted by atomic mass is 10.2. The Kier molecular flexibility index (Phi) is 5.70. The molecule has 4 nitrogen and oxygen atoms in total. The molecule has 1 aromatic carbocycles. The summed E-state index contributed by atoms with van der Waals surface area (Å²) < 4.78 is 0.929.